The van der Waals surface area contributed by atoms with Crippen molar-refractivity contribution in [2.75, 3.05) is 6.54 Å². The SMILES string of the molecule is CC1CCC(C(=O)NC[C@@H](C)O)O1. The van der Waals surface area contributed by atoms with E-state index in [-0.39, 0.29) is 18.1 Å². The summed E-state index contributed by atoms with van der Waals surface area (Å²) >= 11 is 0. The molecule has 1 heterocycles. The summed E-state index contributed by atoms with van der Waals surface area (Å²) in [6.45, 7) is 3.90. The lowest BCUT2D eigenvalue weighted by molar-refractivity contribution is -0.132. The van der Waals surface area contributed by atoms with Crippen LogP contribution in [-0.2, 0) is 9.53 Å². The molecule has 0 aromatic carbocycles. The molecule has 0 bridgehead atoms. The monoisotopic (exact) mass is 187 g/mol. The first-order chi connectivity index (χ1) is 6.09. The quantitative estimate of drug-likeness (QED) is 0.656. The molecule has 0 aromatic rings. The van der Waals surface area contributed by atoms with Crippen molar-refractivity contribution in [2.45, 2.75) is 45.0 Å². The van der Waals surface area contributed by atoms with Crippen molar-refractivity contribution in [1.29, 1.82) is 0 Å². The lowest BCUT2D eigenvalue weighted by Gasteiger charge is -2.12. The van der Waals surface area contributed by atoms with E-state index in [0.717, 1.165) is 12.8 Å². The van der Waals surface area contributed by atoms with Crippen molar-refractivity contribution in [3.05, 3.63) is 0 Å². The molecular weight excluding hydrogens is 170 g/mol. The van der Waals surface area contributed by atoms with Crippen LogP contribution in [0.2, 0.25) is 0 Å². The van der Waals surface area contributed by atoms with Crippen LogP contribution < -0.4 is 5.32 Å². The molecule has 1 rings (SSSR count). The van der Waals surface area contributed by atoms with Crippen molar-refractivity contribution in [3.63, 3.8) is 0 Å². The molecule has 2 unspecified atom stereocenters. The average Bonchev–Trinajstić information content (AvgIpc) is 2.47. The summed E-state index contributed by atoms with van der Waals surface area (Å²) in [5.74, 6) is -0.106. The maximum atomic E-state index is 11.3. The van der Waals surface area contributed by atoms with Gasteiger partial charge in [-0.3, -0.25) is 4.79 Å². The first-order valence-corrected chi connectivity index (χ1v) is 4.71. The molecule has 0 spiro atoms. The second-order valence-electron chi connectivity index (χ2n) is 3.61. The maximum absolute atomic E-state index is 11.3. The van der Waals surface area contributed by atoms with E-state index in [1.165, 1.54) is 0 Å². The third-order valence-electron chi connectivity index (χ3n) is 2.10. The number of carbonyl (C=O) groups excluding carboxylic acids is 1. The molecular formula is C9H17NO3. The van der Waals surface area contributed by atoms with Crippen LogP contribution in [0.1, 0.15) is 26.7 Å². The van der Waals surface area contributed by atoms with Crippen LogP contribution >= 0.6 is 0 Å². The summed E-state index contributed by atoms with van der Waals surface area (Å²) < 4.78 is 5.36. The van der Waals surface area contributed by atoms with Gasteiger partial charge in [0.1, 0.15) is 6.10 Å². The van der Waals surface area contributed by atoms with E-state index in [9.17, 15) is 4.79 Å². The lowest BCUT2D eigenvalue weighted by atomic mass is 10.2. The Morgan fingerprint density at radius 2 is 2.38 bits per heavy atom. The molecule has 1 saturated heterocycles. The zero-order valence-electron chi connectivity index (χ0n) is 8.12. The predicted octanol–water partition coefficient (Wildman–Crippen LogP) is 0.0509. The smallest absolute Gasteiger partial charge is 0.249 e. The molecule has 1 aliphatic rings. The van der Waals surface area contributed by atoms with Crippen molar-refractivity contribution in [1.82, 2.24) is 5.32 Å². The highest BCUT2D eigenvalue weighted by atomic mass is 16.5. The van der Waals surface area contributed by atoms with Gasteiger partial charge in [0.05, 0.1) is 12.2 Å². The Labute approximate surface area is 78.3 Å². The Morgan fingerprint density at radius 1 is 1.69 bits per heavy atom. The standard InChI is InChI=1S/C9H17NO3/c1-6(11)5-10-9(12)8-4-3-7(2)13-8/h6-8,11H,3-5H2,1-2H3,(H,10,12)/t6-,7?,8?/m1/s1. The topological polar surface area (TPSA) is 58.6 Å². The number of carbonyl (C=O) groups is 1. The number of aliphatic hydroxyl groups is 1. The molecule has 3 atom stereocenters. The number of ether oxygens (including phenoxy) is 1. The van der Waals surface area contributed by atoms with Gasteiger partial charge in [0.2, 0.25) is 5.91 Å². The number of nitrogens with one attached hydrogen (secondary N) is 1. The molecule has 0 aliphatic carbocycles. The molecule has 1 fully saturated rings. The van der Waals surface area contributed by atoms with Crippen molar-refractivity contribution < 1.29 is 14.6 Å². The molecule has 2 N–H and O–H groups in total. The molecule has 4 heteroatoms. The maximum Gasteiger partial charge on any atom is 0.249 e. The van der Waals surface area contributed by atoms with Crippen LogP contribution in [0, 0.1) is 0 Å². The van der Waals surface area contributed by atoms with Gasteiger partial charge in [-0.25, -0.2) is 0 Å². The summed E-state index contributed by atoms with van der Waals surface area (Å²) in [6, 6.07) is 0. The molecule has 13 heavy (non-hydrogen) atoms. The Balaban J connectivity index is 2.24. The van der Waals surface area contributed by atoms with Gasteiger partial charge in [-0.1, -0.05) is 0 Å². The third kappa shape index (κ3) is 3.32. The van der Waals surface area contributed by atoms with E-state index in [1.54, 1.807) is 6.92 Å². The molecule has 0 aromatic heterocycles. The largest absolute Gasteiger partial charge is 0.392 e. The number of hydrogen-bond acceptors (Lipinski definition) is 3. The number of hydrogen-bond donors (Lipinski definition) is 2. The fraction of sp³-hybridized carbons (Fsp3) is 0.889. The van der Waals surface area contributed by atoms with E-state index in [1.807, 2.05) is 6.92 Å². The van der Waals surface area contributed by atoms with Gasteiger partial charge in [0, 0.05) is 6.54 Å². The number of amides is 1. The minimum Gasteiger partial charge on any atom is -0.392 e. The first-order valence-electron chi connectivity index (χ1n) is 4.71. The second-order valence-corrected chi connectivity index (χ2v) is 3.61. The Hall–Kier alpha value is -0.610. The van der Waals surface area contributed by atoms with Gasteiger partial charge in [0.25, 0.3) is 0 Å². The van der Waals surface area contributed by atoms with E-state index in [2.05, 4.69) is 5.32 Å². The van der Waals surface area contributed by atoms with Crippen molar-refractivity contribution in [3.8, 4) is 0 Å². The van der Waals surface area contributed by atoms with Crippen LogP contribution in [0.25, 0.3) is 0 Å². The van der Waals surface area contributed by atoms with Gasteiger partial charge in [-0.2, -0.15) is 0 Å². The summed E-state index contributed by atoms with van der Waals surface area (Å²) in [5, 5.41) is 11.6. The number of aliphatic hydroxyl groups excluding tert-OH is 1. The summed E-state index contributed by atoms with van der Waals surface area (Å²) in [6.07, 6.45) is 1.10. The van der Waals surface area contributed by atoms with Crippen LogP contribution in [0.4, 0.5) is 0 Å². The summed E-state index contributed by atoms with van der Waals surface area (Å²) in [7, 11) is 0. The molecule has 1 aliphatic heterocycles. The van der Waals surface area contributed by atoms with E-state index in [0.29, 0.717) is 6.54 Å². The average molecular weight is 187 g/mol. The van der Waals surface area contributed by atoms with Gasteiger partial charge < -0.3 is 15.2 Å². The highest BCUT2D eigenvalue weighted by Gasteiger charge is 2.27. The molecule has 4 nitrogen and oxygen atoms in total. The fourth-order valence-corrected chi connectivity index (χ4v) is 1.36. The zero-order chi connectivity index (χ0) is 9.84. The lowest BCUT2D eigenvalue weighted by Crippen LogP contribution is -2.38. The van der Waals surface area contributed by atoms with Crippen LogP contribution in [-0.4, -0.2) is 35.9 Å². The van der Waals surface area contributed by atoms with E-state index in [4.69, 9.17) is 9.84 Å². The van der Waals surface area contributed by atoms with Gasteiger partial charge in [-0.15, -0.1) is 0 Å². The zero-order valence-corrected chi connectivity index (χ0v) is 8.12. The van der Waals surface area contributed by atoms with Crippen LogP contribution in [0.15, 0.2) is 0 Å². The third-order valence-corrected chi connectivity index (χ3v) is 2.10. The van der Waals surface area contributed by atoms with E-state index < -0.39 is 6.10 Å². The first kappa shape index (κ1) is 10.5. The second kappa shape index (κ2) is 4.58. The predicted molar refractivity (Wildman–Crippen MR) is 48.3 cm³/mol. The highest BCUT2D eigenvalue weighted by Crippen LogP contribution is 2.18. The van der Waals surface area contributed by atoms with Crippen molar-refractivity contribution in [2.24, 2.45) is 0 Å². The molecule has 1 amide bonds. The Morgan fingerprint density at radius 3 is 2.85 bits per heavy atom. The fourth-order valence-electron chi connectivity index (χ4n) is 1.36. The minimum atomic E-state index is -0.497. The normalized spacial score (nSPS) is 30.1. The Kier molecular flexibility index (Phi) is 3.69. The summed E-state index contributed by atoms with van der Waals surface area (Å²) in [5.41, 5.74) is 0. The van der Waals surface area contributed by atoms with Crippen LogP contribution in [0.5, 0.6) is 0 Å². The molecule has 76 valence electrons. The summed E-state index contributed by atoms with van der Waals surface area (Å²) in [4.78, 5) is 11.3. The number of rotatable bonds is 3. The Bertz CT molecular complexity index is 182. The molecule has 0 radical (unpaired) electrons. The van der Waals surface area contributed by atoms with Gasteiger partial charge in [0.15, 0.2) is 0 Å². The van der Waals surface area contributed by atoms with Gasteiger partial charge >= 0.3 is 0 Å². The van der Waals surface area contributed by atoms with Gasteiger partial charge in [-0.05, 0) is 26.7 Å². The highest BCUT2D eigenvalue weighted by molar-refractivity contribution is 5.81. The van der Waals surface area contributed by atoms with Crippen LogP contribution in [0.3, 0.4) is 0 Å². The van der Waals surface area contributed by atoms with E-state index >= 15 is 0 Å². The minimum absolute atomic E-state index is 0.106. The van der Waals surface area contributed by atoms with Crippen molar-refractivity contribution >= 4 is 5.91 Å². The molecule has 0 saturated carbocycles.